The zero-order valence-electron chi connectivity index (χ0n) is 18.7. The highest BCUT2D eigenvalue weighted by atomic mass is 35.5. The second-order valence-corrected chi connectivity index (χ2v) is 10.1. The average molecular weight is 520 g/mol. The van der Waals surface area contributed by atoms with Gasteiger partial charge in [-0.05, 0) is 37.5 Å². The standard InChI is InChI=1S/C20H27ClFN5O6S/c1-3-27-17(19(29)24-13-4-5-15(22)14(21)10-13)11-16(25-34(27,31)32)18(28)23-12-6-8-26(9-7-12)20(30)33-2/h4-5,10,12,16-17,25H,3,6-9,11H2,1-2H3,(H,23,28)(H,24,29). The quantitative estimate of drug-likeness (QED) is 0.532. The van der Waals surface area contributed by atoms with E-state index < -0.39 is 46.0 Å². The third kappa shape index (κ3) is 5.95. The van der Waals surface area contributed by atoms with E-state index in [0.717, 1.165) is 10.4 Å². The Labute approximate surface area is 202 Å². The lowest BCUT2D eigenvalue weighted by Gasteiger charge is -2.38. The Morgan fingerprint density at radius 3 is 2.50 bits per heavy atom. The molecule has 1 aromatic carbocycles. The van der Waals surface area contributed by atoms with Gasteiger partial charge in [0.25, 0.3) is 10.2 Å². The van der Waals surface area contributed by atoms with E-state index in [-0.39, 0.29) is 29.7 Å². The number of hydrogen-bond acceptors (Lipinski definition) is 6. The van der Waals surface area contributed by atoms with Gasteiger partial charge in [0.1, 0.15) is 17.9 Å². The third-order valence-corrected chi connectivity index (χ3v) is 7.80. The van der Waals surface area contributed by atoms with Crippen LogP contribution in [0, 0.1) is 5.82 Å². The van der Waals surface area contributed by atoms with E-state index in [1.807, 2.05) is 0 Å². The van der Waals surface area contributed by atoms with Crippen LogP contribution in [0.4, 0.5) is 14.9 Å². The minimum Gasteiger partial charge on any atom is -0.453 e. The topological polar surface area (TPSA) is 137 Å². The number of likely N-dealkylation sites (tertiary alicyclic amines) is 1. The van der Waals surface area contributed by atoms with Crippen molar-refractivity contribution < 1.29 is 31.9 Å². The Bertz CT molecular complexity index is 1050. The van der Waals surface area contributed by atoms with E-state index >= 15 is 0 Å². The van der Waals surface area contributed by atoms with Gasteiger partial charge in [-0.2, -0.15) is 17.4 Å². The number of nitrogens with one attached hydrogen (secondary N) is 3. The predicted molar refractivity (Wildman–Crippen MR) is 122 cm³/mol. The van der Waals surface area contributed by atoms with Gasteiger partial charge >= 0.3 is 6.09 Å². The number of piperidine rings is 1. The molecule has 2 aliphatic heterocycles. The smallest absolute Gasteiger partial charge is 0.409 e. The van der Waals surface area contributed by atoms with Crippen molar-refractivity contribution in [2.24, 2.45) is 0 Å². The SMILES string of the molecule is CCN1C(C(=O)Nc2ccc(F)c(Cl)c2)CC(C(=O)NC2CCN(C(=O)OC)CC2)NS1(=O)=O. The van der Waals surface area contributed by atoms with Crippen molar-refractivity contribution >= 4 is 45.4 Å². The number of carbonyl (C=O) groups is 3. The number of nitrogens with zero attached hydrogens (tertiary/aromatic N) is 2. The van der Waals surface area contributed by atoms with Crippen LogP contribution >= 0.6 is 11.6 Å². The van der Waals surface area contributed by atoms with Crippen molar-refractivity contribution in [3.63, 3.8) is 0 Å². The molecule has 0 saturated carbocycles. The van der Waals surface area contributed by atoms with Crippen molar-refractivity contribution in [3.05, 3.63) is 29.0 Å². The maximum atomic E-state index is 13.4. The van der Waals surface area contributed by atoms with Crippen molar-refractivity contribution in [3.8, 4) is 0 Å². The molecular weight excluding hydrogens is 493 g/mol. The minimum absolute atomic E-state index is 0.00206. The molecule has 34 heavy (non-hydrogen) atoms. The Kier molecular flexibility index (Phi) is 8.34. The molecule has 2 saturated heterocycles. The lowest BCUT2D eigenvalue weighted by Crippen LogP contribution is -2.64. The molecule has 11 nitrogen and oxygen atoms in total. The van der Waals surface area contributed by atoms with Gasteiger partial charge < -0.3 is 20.3 Å². The van der Waals surface area contributed by atoms with Gasteiger partial charge in [-0.3, -0.25) is 9.59 Å². The fourth-order valence-corrected chi connectivity index (χ4v) is 5.76. The third-order valence-electron chi connectivity index (χ3n) is 5.80. The number of likely N-dealkylation sites (N-methyl/N-ethyl adjacent to an activating group) is 1. The molecule has 2 atom stereocenters. The van der Waals surface area contributed by atoms with E-state index in [2.05, 4.69) is 20.1 Å². The van der Waals surface area contributed by atoms with Gasteiger partial charge in [0.2, 0.25) is 11.8 Å². The maximum Gasteiger partial charge on any atom is 0.409 e. The van der Waals surface area contributed by atoms with E-state index in [1.54, 1.807) is 6.92 Å². The number of rotatable bonds is 5. The molecule has 0 aromatic heterocycles. The first-order chi connectivity index (χ1) is 16.1. The number of anilines is 1. The zero-order valence-corrected chi connectivity index (χ0v) is 20.3. The van der Waals surface area contributed by atoms with Gasteiger partial charge in [-0.25, -0.2) is 9.18 Å². The van der Waals surface area contributed by atoms with Gasteiger partial charge in [-0.1, -0.05) is 18.5 Å². The van der Waals surface area contributed by atoms with Crippen LogP contribution in [0.15, 0.2) is 18.2 Å². The molecule has 14 heteroatoms. The van der Waals surface area contributed by atoms with Crippen LogP contribution in [0.3, 0.4) is 0 Å². The summed E-state index contributed by atoms with van der Waals surface area (Å²) in [5.74, 6) is -1.88. The molecule has 2 aliphatic rings. The molecule has 3 rings (SSSR count). The largest absolute Gasteiger partial charge is 0.453 e. The fraction of sp³-hybridized carbons (Fsp3) is 0.550. The summed E-state index contributed by atoms with van der Waals surface area (Å²) < 4.78 is 46.9. The van der Waals surface area contributed by atoms with Crippen LogP contribution in [0.2, 0.25) is 5.02 Å². The molecule has 3 amide bonds. The number of halogens is 2. The van der Waals surface area contributed by atoms with Crippen molar-refractivity contribution in [1.82, 2.24) is 19.2 Å². The number of ether oxygens (including phenoxy) is 1. The van der Waals surface area contributed by atoms with Gasteiger partial charge in [0.15, 0.2) is 0 Å². The summed E-state index contributed by atoms with van der Waals surface area (Å²) in [5.41, 5.74) is 0.196. The highest BCUT2D eigenvalue weighted by Gasteiger charge is 2.44. The molecule has 2 fully saturated rings. The second kappa shape index (κ2) is 10.8. The predicted octanol–water partition coefficient (Wildman–Crippen LogP) is 1.06. The normalized spacial score (nSPS) is 23.2. The molecular formula is C20H27ClFN5O6S. The first-order valence-electron chi connectivity index (χ1n) is 10.7. The van der Waals surface area contributed by atoms with Gasteiger partial charge in [0, 0.05) is 31.4 Å². The Hall–Kier alpha value is -2.48. The van der Waals surface area contributed by atoms with Crippen LogP contribution in [0.1, 0.15) is 26.2 Å². The number of methoxy groups -OCH3 is 1. The number of benzene rings is 1. The Balaban J connectivity index is 1.68. The molecule has 3 N–H and O–H groups in total. The lowest BCUT2D eigenvalue weighted by atomic mass is 10.0. The first kappa shape index (κ1) is 26.1. The molecule has 2 unspecified atom stereocenters. The van der Waals surface area contributed by atoms with Crippen molar-refractivity contribution in [1.29, 1.82) is 0 Å². The molecule has 188 valence electrons. The van der Waals surface area contributed by atoms with E-state index in [0.29, 0.717) is 25.9 Å². The van der Waals surface area contributed by atoms with E-state index in [9.17, 15) is 27.2 Å². The summed E-state index contributed by atoms with van der Waals surface area (Å²) in [6.07, 6.45) is 0.411. The Morgan fingerprint density at radius 1 is 1.24 bits per heavy atom. The lowest BCUT2D eigenvalue weighted by molar-refractivity contribution is -0.125. The summed E-state index contributed by atoms with van der Waals surface area (Å²) in [5, 5.41) is 5.15. The average Bonchev–Trinajstić information content (AvgIpc) is 2.80. The minimum atomic E-state index is -4.13. The maximum absolute atomic E-state index is 13.4. The molecule has 2 heterocycles. The first-order valence-corrected chi connectivity index (χ1v) is 12.6. The van der Waals surface area contributed by atoms with E-state index in [1.165, 1.54) is 24.1 Å². The van der Waals surface area contributed by atoms with Gasteiger partial charge in [0.05, 0.1) is 12.1 Å². The molecule has 1 aromatic rings. The zero-order chi connectivity index (χ0) is 25.0. The number of carbonyl (C=O) groups excluding carboxylic acids is 3. The molecule has 0 spiro atoms. The van der Waals surface area contributed by atoms with Crippen molar-refractivity contribution in [2.45, 2.75) is 44.3 Å². The molecule has 0 bridgehead atoms. The van der Waals surface area contributed by atoms with Gasteiger partial charge in [-0.15, -0.1) is 0 Å². The summed E-state index contributed by atoms with van der Waals surface area (Å²) in [6, 6.07) is 1.00. The summed E-state index contributed by atoms with van der Waals surface area (Å²) in [4.78, 5) is 39.0. The van der Waals surface area contributed by atoms with Crippen LogP contribution in [0.25, 0.3) is 0 Å². The second-order valence-electron chi connectivity index (χ2n) is 7.99. The highest BCUT2D eigenvalue weighted by molar-refractivity contribution is 7.87. The van der Waals surface area contributed by atoms with Crippen molar-refractivity contribution in [2.75, 3.05) is 32.1 Å². The van der Waals surface area contributed by atoms with Crippen LogP contribution in [0.5, 0.6) is 0 Å². The summed E-state index contributed by atoms with van der Waals surface area (Å²) >= 11 is 5.75. The number of amides is 3. The molecule has 0 aliphatic carbocycles. The monoisotopic (exact) mass is 519 g/mol. The Morgan fingerprint density at radius 2 is 1.91 bits per heavy atom. The van der Waals surface area contributed by atoms with E-state index in [4.69, 9.17) is 11.6 Å². The number of hydrogen-bond donors (Lipinski definition) is 3. The molecule has 0 radical (unpaired) electrons. The fourth-order valence-electron chi connectivity index (χ4n) is 4.03. The van der Waals surface area contributed by atoms with Crippen LogP contribution in [-0.4, -0.2) is 80.4 Å². The highest BCUT2D eigenvalue weighted by Crippen LogP contribution is 2.23. The van der Waals surface area contributed by atoms with Crippen LogP contribution in [-0.2, 0) is 24.5 Å². The summed E-state index contributed by atoms with van der Waals surface area (Å²) in [6.45, 7) is 2.35. The summed E-state index contributed by atoms with van der Waals surface area (Å²) in [7, 11) is -2.83. The van der Waals surface area contributed by atoms with Crippen LogP contribution < -0.4 is 15.4 Å².